The van der Waals surface area contributed by atoms with Gasteiger partial charge in [-0.15, -0.1) is 0 Å². The summed E-state index contributed by atoms with van der Waals surface area (Å²) in [4.78, 5) is 13.5. The zero-order valence-electron chi connectivity index (χ0n) is 9.28. The number of aliphatic hydroxyl groups is 1. The Morgan fingerprint density at radius 3 is 3.07 bits per heavy atom. The van der Waals surface area contributed by atoms with E-state index >= 15 is 0 Å². The van der Waals surface area contributed by atoms with Crippen LogP contribution >= 0.6 is 0 Å². The highest BCUT2D eigenvalue weighted by Crippen LogP contribution is 2.07. The summed E-state index contributed by atoms with van der Waals surface area (Å²) >= 11 is 0. The molecule has 1 aliphatic rings. The summed E-state index contributed by atoms with van der Waals surface area (Å²) in [6.07, 6.45) is 2.11. The first-order chi connectivity index (χ1) is 7.11. The molecule has 2 atom stereocenters. The molecule has 1 amide bonds. The quantitative estimate of drug-likeness (QED) is 0.556. The lowest BCUT2D eigenvalue weighted by molar-refractivity contribution is -0.123. The average molecular weight is 215 g/mol. The van der Waals surface area contributed by atoms with E-state index in [-0.39, 0.29) is 24.6 Å². The van der Waals surface area contributed by atoms with Gasteiger partial charge in [0.2, 0.25) is 5.91 Å². The first kappa shape index (κ1) is 12.4. The highest BCUT2D eigenvalue weighted by Gasteiger charge is 2.19. The third-order valence-electron chi connectivity index (χ3n) is 2.59. The summed E-state index contributed by atoms with van der Waals surface area (Å²) in [6.45, 7) is 3.87. The van der Waals surface area contributed by atoms with E-state index in [1.54, 1.807) is 6.92 Å². The van der Waals surface area contributed by atoms with Crippen molar-refractivity contribution in [1.29, 1.82) is 0 Å². The number of nitrogens with two attached hydrogens (primary N) is 1. The predicted octanol–water partition coefficient (Wildman–Crippen LogP) is -1.09. The van der Waals surface area contributed by atoms with Crippen molar-refractivity contribution in [3.05, 3.63) is 0 Å². The Morgan fingerprint density at radius 2 is 2.47 bits per heavy atom. The SMILES string of the molecule is CC(CO)NC(=O)CN1CCC[C@@H](N)C1. The summed E-state index contributed by atoms with van der Waals surface area (Å²) < 4.78 is 0. The van der Waals surface area contributed by atoms with Crippen molar-refractivity contribution < 1.29 is 9.90 Å². The third kappa shape index (κ3) is 4.59. The van der Waals surface area contributed by atoms with Gasteiger partial charge < -0.3 is 16.2 Å². The van der Waals surface area contributed by atoms with E-state index in [9.17, 15) is 4.79 Å². The van der Waals surface area contributed by atoms with E-state index in [1.165, 1.54) is 0 Å². The lowest BCUT2D eigenvalue weighted by Gasteiger charge is -2.30. The normalized spacial score (nSPS) is 24.9. The van der Waals surface area contributed by atoms with Crippen molar-refractivity contribution in [3.8, 4) is 0 Å². The van der Waals surface area contributed by atoms with Gasteiger partial charge in [0.1, 0.15) is 0 Å². The topological polar surface area (TPSA) is 78.6 Å². The first-order valence-corrected chi connectivity index (χ1v) is 5.50. The van der Waals surface area contributed by atoms with Crippen LogP contribution in [0.1, 0.15) is 19.8 Å². The molecular weight excluding hydrogens is 194 g/mol. The Balaban J connectivity index is 2.24. The highest BCUT2D eigenvalue weighted by atomic mass is 16.3. The molecule has 1 heterocycles. The number of rotatable bonds is 4. The van der Waals surface area contributed by atoms with Gasteiger partial charge in [0.15, 0.2) is 0 Å². The molecule has 5 nitrogen and oxygen atoms in total. The minimum Gasteiger partial charge on any atom is -0.394 e. The minimum atomic E-state index is -0.170. The first-order valence-electron chi connectivity index (χ1n) is 5.50. The molecule has 1 aliphatic heterocycles. The fraction of sp³-hybridized carbons (Fsp3) is 0.900. The fourth-order valence-corrected chi connectivity index (χ4v) is 1.80. The van der Waals surface area contributed by atoms with Crippen LogP contribution in [0.2, 0.25) is 0 Å². The van der Waals surface area contributed by atoms with Crippen molar-refractivity contribution in [3.63, 3.8) is 0 Å². The number of likely N-dealkylation sites (tertiary alicyclic amines) is 1. The Labute approximate surface area is 90.6 Å². The number of nitrogens with zero attached hydrogens (tertiary/aromatic N) is 1. The van der Waals surface area contributed by atoms with Crippen molar-refractivity contribution in [2.75, 3.05) is 26.2 Å². The van der Waals surface area contributed by atoms with Gasteiger partial charge >= 0.3 is 0 Å². The van der Waals surface area contributed by atoms with Gasteiger partial charge in [0.25, 0.3) is 0 Å². The second-order valence-electron chi connectivity index (χ2n) is 4.29. The van der Waals surface area contributed by atoms with Gasteiger partial charge in [-0.25, -0.2) is 0 Å². The molecule has 0 aliphatic carbocycles. The molecule has 5 heteroatoms. The molecule has 15 heavy (non-hydrogen) atoms. The lowest BCUT2D eigenvalue weighted by atomic mass is 10.1. The standard InChI is InChI=1S/C10H21N3O2/c1-8(7-14)12-10(15)6-13-4-2-3-9(11)5-13/h8-9,14H,2-7,11H2,1H3,(H,12,15)/t8?,9-/m1/s1. The smallest absolute Gasteiger partial charge is 0.234 e. The van der Waals surface area contributed by atoms with Gasteiger partial charge in [-0.2, -0.15) is 0 Å². The van der Waals surface area contributed by atoms with Crippen LogP contribution in [0.25, 0.3) is 0 Å². The van der Waals surface area contributed by atoms with E-state index in [0.717, 1.165) is 25.9 Å². The Bertz CT molecular complexity index is 211. The van der Waals surface area contributed by atoms with E-state index in [4.69, 9.17) is 10.8 Å². The van der Waals surface area contributed by atoms with Crippen LogP contribution < -0.4 is 11.1 Å². The molecule has 1 saturated heterocycles. The molecule has 0 bridgehead atoms. The molecule has 4 N–H and O–H groups in total. The molecule has 1 fully saturated rings. The van der Waals surface area contributed by atoms with E-state index in [2.05, 4.69) is 10.2 Å². The molecule has 0 spiro atoms. The molecular formula is C10H21N3O2. The van der Waals surface area contributed by atoms with Crippen LogP contribution in [-0.2, 0) is 4.79 Å². The molecule has 0 radical (unpaired) electrons. The van der Waals surface area contributed by atoms with Crippen molar-refractivity contribution >= 4 is 5.91 Å². The summed E-state index contributed by atoms with van der Waals surface area (Å²) in [5.74, 6) is -0.0364. The number of aliphatic hydroxyl groups excluding tert-OH is 1. The zero-order chi connectivity index (χ0) is 11.3. The van der Waals surface area contributed by atoms with Crippen LogP contribution in [0.5, 0.6) is 0 Å². The Kier molecular flexibility index (Phi) is 5.01. The summed E-state index contributed by atoms with van der Waals surface area (Å²) in [6, 6.07) is 0.0257. The number of piperidine rings is 1. The summed E-state index contributed by atoms with van der Waals surface area (Å²) in [5, 5.41) is 11.5. The van der Waals surface area contributed by atoms with E-state index in [1.807, 2.05) is 0 Å². The van der Waals surface area contributed by atoms with Gasteiger partial charge in [0.05, 0.1) is 13.2 Å². The maximum absolute atomic E-state index is 11.5. The minimum absolute atomic E-state index is 0.0226. The molecule has 88 valence electrons. The number of amides is 1. The number of nitrogens with one attached hydrogen (secondary N) is 1. The van der Waals surface area contributed by atoms with Crippen LogP contribution in [0, 0.1) is 0 Å². The van der Waals surface area contributed by atoms with Gasteiger partial charge in [-0.05, 0) is 26.3 Å². The fourth-order valence-electron chi connectivity index (χ4n) is 1.80. The number of carbonyl (C=O) groups excluding carboxylic acids is 1. The molecule has 0 saturated carbocycles. The Hall–Kier alpha value is -0.650. The molecule has 1 rings (SSSR count). The zero-order valence-corrected chi connectivity index (χ0v) is 9.28. The molecule has 0 aromatic rings. The van der Waals surface area contributed by atoms with Crippen LogP contribution in [0.4, 0.5) is 0 Å². The molecule has 0 aromatic carbocycles. The molecule has 1 unspecified atom stereocenters. The number of hydrogen-bond donors (Lipinski definition) is 3. The van der Waals surface area contributed by atoms with Crippen LogP contribution in [0.3, 0.4) is 0 Å². The van der Waals surface area contributed by atoms with Crippen molar-refractivity contribution in [2.24, 2.45) is 5.73 Å². The van der Waals surface area contributed by atoms with E-state index < -0.39 is 0 Å². The Morgan fingerprint density at radius 1 is 1.73 bits per heavy atom. The van der Waals surface area contributed by atoms with Crippen LogP contribution in [-0.4, -0.2) is 54.2 Å². The summed E-state index contributed by atoms with van der Waals surface area (Å²) in [5.41, 5.74) is 5.81. The second-order valence-corrected chi connectivity index (χ2v) is 4.29. The highest BCUT2D eigenvalue weighted by molar-refractivity contribution is 5.78. The van der Waals surface area contributed by atoms with Gasteiger partial charge in [-0.3, -0.25) is 9.69 Å². The number of carbonyl (C=O) groups is 1. The number of hydrogen-bond acceptors (Lipinski definition) is 4. The second kappa shape index (κ2) is 6.05. The van der Waals surface area contributed by atoms with Crippen molar-refractivity contribution in [1.82, 2.24) is 10.2 Å². The summed E-state index contributed by atoms with van der Waals surface area (Å²) in [7, 11) is 0. The average Bonchev–Trinajstić information content (AvgIpc) is 2.17. The monoisotopic (exact) mass is 215 g/mol. The van der Waals surface area contributed by atoms with Crippen LogP contribution in [0.15, 0.2) is 0 Å². The third-order valence-corrected chi connectivity index (χ3v) is 2.59. The predicted molar refractivity (Wildman–Crippen MR) is 58.3 cm³/mol. The van der Waals surface area contributed by atoms with Gasteiger partial charge in [-0.1, -0.05) is 0 Å². The van der Waals surface area contributed by atoms with E-state index in [0.29, 0.717) is 6.54 Å². The maximum Gasteiger partial charge on any atom is 0.234 e. The van der Waals surface area contributed by atoms with Crippen molar-refractivity contribution in [2.45, 2.75) is 31.8 Å². The maximum atomic E-state index is 11.5. The molecule has 0 aromatic heterocycles. The lowest BCUT2D eigenvalue weighted by Crippen LogP contribution is -2.48. The van der Waals surface area contributed by atoms with Gasteiger partial charge in [0, 0.05) is 18.6 Å². The largest absolute Gasteiger partial charge is 0.394 e.